The van der Waals surface area contributed by atoms with Crippen molar-refractivity contribution in [2.24, 2.45) is 17.3 Å². The Morgan fingerprint density at radius 3 is 1.82 bits per heavy atom. The number of hydrogen-bond acceptors (Lipinski definition) is 1. The summed E-state index contributed by atoms with van der Waals surface area (Å²) in [5.74, 6) is 1.96. The molecular weight excluding hydrogens is 206 g/mol. The minimum Gasteiger partial charge on any atom is -0.295 e. The van der Waals surface area contributed by atoms with Crippen molar-refractivity contribution in [2.75, 3.05) is 0 Å². The summed E-state index contributed by atoms with van der Waals surface area (Å²) in [6.07, 6.45) is 9.09. The molecule has 1 heteroatoms. The van der Waals surface area contributed by atoms with Crippen LogP contribution in [0.15, 0.2) is 0 Å². The van der Waals surface area contributed by atoms with E-state index < -0.39 is 0 Å². The van der Waals surface area contributed by atoms with Gasteiger partial charge in [0.25, 0.3) is 0 Å². The molecule has 2 unspecified atom stereocenters. The predicted molar refractivity (Wildman–Crippen MR) is 73.0 cm³/mol. The second kappa shape index (κ2) is 3.98. The fraction of sp³-hybridized carbons (Fsp3) is 1.00. The maximum atomic E-state index is 2.84. The first-order valence-electron chi connectivity index (χ1n) is 7.78. The van der Waals surface area contributed by atoms with Gasteiger partial charge in [-0.25, -0.2) is 0 Å². The van der Waals surface area contributed by atoms with E-state index in [0.717, 1.165) is 35.4 Å². The summed E-state index contributed by atoms with van der Waals surface area (Å²) in [6.45, 7) is 9.60. The third-order valence-corrected chi connectivity index (χ3v) is 5.94. The van der Waals surface area contributed by atoms with Crippen LogP contribution in [-0.4, -0.2) is 23.0 Å². The molecule has 1 aliphatic carbocycles. The Morgan fingerprint density at radius 1 is 0.882 bits per heavy atom. The van der Waals surface area contributed by atoms with Gasteiger partial charge in [-0.05, 0) is 69.6 Å². The number of rotatable bonds is 2. The smallest absolute Gasteiger partial charge is 0.0107 e. The Morgan fingerprint density at radius 2 is 1.41 bits per heavy atom. The number of hydrogen-bond donors (Lipinski definition) is 0. The average molecular weight is 235 g/mol. The summed E-state index contributed by atoms with van der Waals surface area (Å²) in [5.41, 5.74) is 0.784. The van der Waals surface area contributed by atoms with Crippen molar-refractivity contribution < 1.29 is 0 Å². The van der Waals surface area contributed by atoms with Crippen LogP contribution in [0.3, 0.4) is 0 Å². The third kappa shape index (κ3) is 1.85. The largest absolute Gasteiger partial charge is 0.295 e. The lowest BCUT2D eigenvalue weighted by Crippen LogP contribution is -2.54. The topological polar surface area (TPSA) is 3.24 Å². The normalized spacial score (nSPS) is 45.9. The van der Waals surface area contributed by atoms with Crippen molar-refractivity contribution in [1.82, 2.24) is 4.90 Å². The molecule has 2 saturated heterocycles. The summed E-state index contributed by atoms with van der Waals surface area (Å²) in [7, 11) is 0. The Bertz CT molecular complexity index is 272. The molecule has 0 aromatic rings. The van der Waals surface area contributed by atoms with Gasteiger partial charge < -0.3 is 0 Å². The monoisotopic (exact) mass is 235 g/mol. The Balaban J connectivity index is 1.67. The van der Waals surface area contributed by atoms with E-state index in [4.69, 9.17) is 0 Å². The molecule has 2 heterocycles. The lowest BCUT2D eigenvalue weighted by Gasteiger charge is -2.57. The first kappa shape index (κ1) is 12.0. The van der Waals surface area contributed by atoms with Crippen molar-refractivity contribution in [2.45, 2.75) is 84.3 Å². The van der Waals surface area contributed by atoms with Crippen LogP contribution in [0.2, 0.25) is 0 Å². The van der Waals surface area contributed by atoms with Crippen LogP contribution in [0.5, 0.6) is 0 Å². The zero-order chi connectivity index (χ0) is 12.2. The van der Waals surface area contributed by atoms with Gasteiger partial charge in [-0.3, -0.25) is 4.90 Å². The molecule has 17 heavy (non-hydrogen) atoms. The molecule has 1 nitrogen and oxygen atoms in total. The fourth-order valence-corrected chi connectivity index (χ4v) is 5.18. The Labute approximate surface area is 107 Å². The molecular formula is C16H29N. The van der Waals surface area contributed by atoms with E-state index in [1.165, 1.54) is 25.7 Å². The van der Waals surface area contributed by atoms with Crippen molar-refractivity contribution in [3.8, 4) is 0 Å². The van der Waals surface area contributed by atoms with E-state index >= 15 is 0 Å². The van der Waals surface area contributed by atoms with E-state index in [9.17, 15) is 0 Å². The van der Waals surface area contributed by atoms with E-state index in [1.807, 2.05) is 0 Å². The van der Waals surface area contributed by atoms with Crippen LogP contribution < -0.4 is 0 Å². The maximum Gasteiger partial charge on any atom is 0.0107 e. The van der Waals surface area contributed by atoms with Crippen molar-refractivity contribution in [3.05, 3.63) is 0 Å². The molecule has 0 aromatic carbocycles. The van der Waals surface area contributed by atoms with Crippen LogP contribution in [0, 0.1) is 17.3 Å². The minimum absolute atomic E-state index is 0.769. The van der Waals surface area contributed by atoms with E-state index in [0.29, 0.717) is 0 Å². The maximum absolute atomic E-state index is 2.84. The molecule has 1 saturated carbocycles. The third-order valence-electron chi connectivity index (χ3n) is 5.94. The van der Waals surface area contributed by atoms with Gasteiger partial charge >= 0.3 is 0 Å². The highest BCUT2D eigenvalue weighted by Crippen LogP contribution is 2.60. The Kier molecular flexibility index (Phi) is 2.81. The Hall–Kier alpha value is -0.0400. The van der Waals surface area contributed by atoms with Crippen molar-refractivity contribution in [3.63, 3.8) is 0 Å². The zero-order valence-corrected chi connectivity index (χ0v) is 12.1. The molecule has 98 valence electrons. The molecule has 2 atom stereocenters. The van der Waals surface area contributed by atoms with E-state index in [-0.39, 0.29) is 0 Å². The second-order valence-corrected chi connectivity index (χ2v) is 7.75. The van der Waals surface area contributed by atoms with E-state index in [2.05, 4.69) is 32.6 Å². The van der Waals surface area contributed by atoms with Gasteiger partial charge in [-0.15, -0.1) is 0 Å². The van der Waals surface area contributed by atoms with Gasteiger partial charge in [0.1, 0.15) is 0 Å². The van der Waals surface area contributed by atoms with Gasteiger partial charge in [0.15, 0.2) is 0 Å². The molecule has 1 spiro atoms. The molecule has 0 N–H and O–H groups in total. The standard InChI is InChI=1S/C16H29N/c1-11(2)13-7-16(8-13)9-14-5-6-15(10-16)17(14)12(3)4/h11-15H,5-10H2,1-4H3. The number of nitrogens with zero attached hydrogens (tertiary/aromatic N) is 1. The summed E-state index contributed by atoms with van der Waals surface area (Å²) < 4.78 is 0. The first-order chi connectivity index (χ1) is 8.01. The molecule has 3 fully saturated rings. The molecule has 2 aliphatic heterocycles. The molecule has 2 bridgehead atoms. The van der Waals surface area contributed by atoms with Gasteiger partial charge in [-0.1, -0.05) is 13.8 Å². The van der Waals surface area contributed by atoms with Crippen LogP contribution in [0.1, 0.15) is 66.2 Å². The summed E-state index contributed by atoms with van der Waals surface area (Å²) >= 11 is 0. The minimum atomic E-state index is 0.769. The average Bonchev–Trinajstić information content (AvgIpc) is 2.47. The molecule has 3 aliphatic rings. The van der Waals surface area contributed by atoms with Crippen LogP contribution in [0.4, 0.5) is 0 Å². The van der Waals surface area contributed by atoms with Crippen molar-refractivity contribution >= 4 is 0 Å². The second-order valence-electron chi connectivity index (χ2n) is 7.75. The molecule has 0 aromatic heterocycles. The van der Waals surface area contributed by atoms with Gasteiger partial charge in [0, 0.05) is 18.1 Å². The summed E-state index contributed by atoms with van der Waals surface area (Å²) in [5, 5.41) is 0. The van der Waals surface area contributed by atoms with Crippen LogP contribution in [-0.2, 0) is 0 Å². The summed E-state index contributed by atoms with van der Waals surface area (Å²) in [6, 6.07) is 2.63. The highest BCUT2D eigenvalue weighted by molar-refractivity contribution is 5.07. The first-order valence-corrected chi connectivity index (χ1v) is 7.78. The highest BCUT2D eigenvalue weighted by Gasteiger charge is 2.54. The van der Waals surface area contributed by atoms with Gasteiger partial charge in [0.2, 0.25) is 0 Å². The fourth-order valence-electron chi connectivity index (χ4n) is 5.18. The highest BCUT2D eigenvalue weighted by atomic mass is 15.2. The lowest BCUT2D eigenvalue weighted by atomic mass is 9.53. The van der Waals surface area contributed by atoms with Crippen LogP contribution >= 0.6 is 0 Å². The number of fused-ring (bicyclic) bond motifs is 2. The summed E-state index contributed by atoms with van der Waals surface area (Å²) in [4.78, 5) is 2.84. The number of piperidine rings is 1. The molecule has 3 rings (SSSR count). The molecule has 0 amide bonds. The van der Waals surface area contributed by atoms with Crippen LogP contribution in [0.25, 0.3) is 0 Å². The zero-order valence-electron chi connectivity index (χ0n) is 12.1. The SMILES string of the molecule is CC(C)C1CC2(C1)CC1CCC(C2)N1C(C)C. The van der Waals surface area contributed by atoms with E-state index in [1.54, 1.807) is 12.8 Å². The quantitative estimate of drug-likeness (QED) is 0.697. The van der Waals surface area contributed by atoms with Gasteiger partial charge in [-0.2, -0.15) is 0 Å². The van der Waals surface area contributed by atoms with Gasteiger partial charge in [0.05, 0.1) is 0 Å². The lowest BCUT2D eigenvalue weighted by molar-refractivity contribution is -0.0681. The van der Waals surface area contributed by atoms with Crippen molar-refractivity contribution in [1.29, 1.82) is 0 Å². The molecule has 0 radical (unpaired) electrons. The predicted octanol–water partition coefficient (Wildman–Crippen LogP) is 4.07.